The van der Waals surface area contributed by atoms with E-state index in [2.05, 4.69) is 28.6 Å². The van der Waals surface area contributed by atoms with E-state index in [0.29, 0.717) is 13.1 Å². The second-order valence-corrected chi connectivity index (χ2v) is 9.18. The van der Waals surface area contributed by atoms with E-state index < -0.39 is 0 Å². The highest BCUT2D eigenvalue weighted by Crippen LogP contribution is 2.34. The van der Waals surface area contributed by atoms with Crippen molar-refractivity contribution in [3.63, 3.8) is 0 Å². The number of nitrogens with zero attached hydrogens (tertiary/aromatic N) is 4. The molecule has 2 aromatic rings. The van der Waals surface area contributed by atoms with Crippen LogP contribution in [0, 0.1) is 0 Å². The van der Waals surface area contributed by atoms with Crippen molar-refractivity contribution in [1.82, 2.24) is 19.8 Å². The van der Waals surface area contributed by atoms with Crippen LogP contribution in [0.2, 0.25) is 0 Å². The summed E-state index contributed by atoms with van der Waals surface area (Å²) in [6, 6.07) is 0. The van der Waals surface area contributed by atoms with Gasteiger partial charge in [0.05, 0.1) is 5.39 Å². The third-order valence-corrected chi connectivity index (χ3v) is 7.34. The van der Waals surface area contributed by atoms with E-state index in [0.717, 1.165) is 66.7 Å². The van der Waals surface area contributed by atoms with Crippen LogP contribution in [0.25, 0.3) is 10.2 Å². The number of anilines is 1. The van der Waals surface area contributed by atoms with Crippen molar-refractivity contribution in [1.29, 1.82) is 0 Å². The average molecular weight is 432 g/mol. The van der Waals surface area contributed by atoms with Gasteiger partial charge in [0.15, 0.2) is 5.11 Å². The molecule has 1 N–H and O–H groups in total. The first-order valence-electron chi connectivity index (χ1n) is 10.6. The number of thiophene rings is 1. The molecular formula is C21H29N5OS2. The van der Waals surface area contributed by atoms with Gasteiger partial charge in [0.25, 0.3) is 5.56 Å². The van der Waals surface area contributed by atoms with Gasteiger partial charge in [-0.15, -0.1) is 17.9 Å². The van der Waals surface area contributed by atoms with Crippen molar-refractivity contribution < 1.29 is 0 Å². The Morgan fingerprint density at radius 3 is 2.76 bits per heavy atom. The summed E-state index contributed by atoms with van der Waals surface area (Å²) in [4.78, 5) is 25.2. The summed E-state index contributed by atoms with van der Waals surface area (Å²) < 4.78 is 1.91. The minimum absolute atomic E-state index is 0.150. The second kappa shape index (κ2) is 8.83. The predicted molar refractivity (Wildman–Crippen MR) is 125 cm³/mol. The lowest BCUT2D eigenvalue weighted by atomic mass is 9.97. The maximum Gasteiger partial charge on any atom is 0.263 e. The Morgan fingerprint density at radius 2 is 2.03 bits per heavy atom. The summed E-state index contributed by atoms with van der Waals surface area (Å²) in [6.45, 7) is 10.5. The van der Waals surface area contributed by atoms with Crippen LogP contribution in [0.4, 0.5) is 5.95 Å². The van der Waals surface area contributed by atoms with Crippen molar-refractivity contribution in [2.24, 2.45) is 0 Å². The Hall–Kier alpha value is -1.93. The van der Waals surface area contributed by atoms with Crippen LogP contribution in [-0.4, -0.2) is 52.3 Å². The molecule has 0 saturated carbocycles. The molecule has 1 fully saturated rings. The second-order valence-electron chi connectivity index (χ2n) is 7.71. The number of hydrogen-bond donors (Lipinski definition) is 1. The fraction of sp³-hybridized carbons (Fsp3) is 0.571. The zero-order valence-electron chi connectivity index (χ0n) is 17.1. The van der Waals surface area contributed by atoms with Gasteiger partial charge < -0.3 is 15.1 Å². The fourth-order valence-corrected chi connectivity index (χ4v) is 5.79. The van der Waals surface area contributed by atoms with Gasteiger partial charge in [-0.3, -0.25) is 9.36 Å². The Bertz CT molecular complexity index is 972. The van der Waals surface area contributed by atoms with Crippen molar-refractivity contribution >= 4 is 44.8 Å². The van der Waals surface area contributed by atoms with Crippen molar-refractivity contribution in [3.05, 3.63) is 33.4 Å². The van der Waals surface area contributed by atoms with Gasteiger partial charge in [-0.1, -0.05) is 13.0 Å². The van der Waals surface area contributed by atoms with Gasteiger partial charge in [-0.05, 0) is 49.9 Å². The van der Waals surface area contributed by atoms with E-state index in [1.807, 2.05) is 10.6 Å². The lowest BCUT2D eigenvalue weighted by Crippen LogP contribution is -2.52. The third-order valence-electron chi connectivity index (χ3n) is 5.75. The first kappa shape index (κ1) is 20.3. The highest BCUT2D eigenvalue weighted by molar-refractivity contribution is 7.80. The zero-order chi connectivity index (χ0) is 20.4. The first-order valence-corrected chi connectivity index (χ1v) is 11.8. The van der Waals surface area contributed by atoms with Crippen LogP contribution in [-0.2, 0) is 19.4 Å². The number of fused-ring (bicyclic) bond motifs is 3. The maximum atomic E-state index is 13.5. The molecule has 0 unspecified atom stereocenters. The van der Waals surface area contributed by atoms with Crippen LogP contribution >= 0.6 is 23.6 Å². The normalized spacial score (nSPS) is 16.7. The lowest BCUT2D eigenvalue weighted by Gasteiger charge is -2.37. The molecule has 4 rings (SSSR count). The van der Waals surface area contributed by atoms with Gasteiger partial charge in [0, 0.05) is 44.1 Å². The van der Waals surface area contributed by atoms with E-state index in [4.69, 9.17) is 17.2 Å². The van der Waals surface area contributed by atoms with Crippen molar-refractivity contribution in [2.75, 3.05) is 37.6 Å². The summed E-state index contributed by atoms with van der Waals surface area (Å²) in [6.07, 6.45) is 7.24. The van der Waals surface area contributed by atoms with Crippen LogP contribution in [0.1, 0.15) is 36.6 Å². The lowest BCUT2D eigenvalue weighted by molar-refractivity contribution is 0.376. The van der Waals surface area contributed by atoms with E-state index >= 15 is 0 Å². The number of nitrogens with one attached hydrogen (secondary N) is 1. The standard InChI is InChI=1S/C21H29N5OS2/c1-3-9-22-21(28)25-13-11-24(12-14-25)20-23-18-17(19(27)26(20)10-4-2)15-7-5-6-8-16(15)29-18/h3H,1,4-14H2,2H3,(H,22,28). The summed E-state index contributed by atoms with van der Waals surface area (Å²) in [7, 11) is 0. The summed E-state index contributed by atoms with van der Waals surface area (Å²) in [5.41, 5.74) is 1.42. The van der Waals surface area contributed by atoms with Gasteiger partial charge in [-0.2, -0.15) is 0 Å². The summed E-state index contributed by atoms with van der Waals surface area (Å²) in [5.74, 6) is 0.826. The maximum absolute atomic E-state index is 13.5. The van der Waals surface area contributed by atoms with Crippen LogP contribution in [0.5, 0.6) is 0 Å². The van der Waals surface area contributed by atoms with E-state index in [1.54, 1.807) is 11.3 Å². The molecule has 29 heavy (non-hydrogen) atoms. The molecule has 0 amide bonds. The molecule has 3 heterocycles. The highest BCUT2D eigenvalue weighted by Gasteiger charge is 2.26. The molecule has 2 aromatic heterocycles. The Labute approximate surface area is 181 Å². The van der Waals surface area contributed by atoms with Crippen molar-refractivity contribution in [3.8, 4) is 0 Å². The number of thiocarbonyl (C=S) groups is 1. The van der Waals surface area contributed by atoms with Crippen LogP contribution in [0.3, 0.4) is 0 Å². The van der Waals surface area contributed by atoms with Crippen LogP contribution in [0.15, 0.2) is 17.4 Å². The molecule has 1 saturated heterocycles. The Kier molecular flexibility index (Phi) is 6.20. The molecule has 8 heteroatoms. The molecule has 156 valence electrons. The summed E-state index contributed by atoms with van der Waals surface area (Å²) >= 11 is 7.21. The predicted octanol–water partition coefficient (Wildman–Crippen LogP) is 2.93. The van der Waals surface area contributed by atoms with Gasteiger partial charge in [0.2, 0.25) is 5.95 Å². The van der Waals surface area contributed by atoms with Gasteiger partial charge in [0.1, 0.15) is 4.83 Å². The molecule has 0 bridgehead atoms. The van der Waals surface area contributed by atoms with Gasteiger partial charge in [-0.25, -0.2) is 4.98 Å². The molecule has 6 nitrogen and oxygen atoms in total. The monoisotopic (exact) mass is 431 g/mol. The van der Waals surface area contributed by atoms with Crippen molar-refractivity contribution in [2.45, 2.75) is 45.6 Å². The average Bonchev–Trinajstić information content (AvgIpc) is 3.12. The highest BCUT2D eigenvalue weighted by atomic mass is 32.1. The molecule has 0 radical (unpaired) electrons. The molecule has 0 atom stereocenters. The molecule has 0 aromatic carbocycles. The Balaban J connectivity index is 1.63. The first-order chi connectivity index (χ1) is 14.1. The number of aryl methyl sites for hydroxylation is 2. The smallest absolute Gasteiger partial charge is 0.263 e. The minimum atomic E-state index is 0.150. The number of hydrogen-bond acceptors (Lipinski definition) is 5. The van der Waals surface area contributed by atoms with E-state index in [1.165, 1.54) is 23.3 Å². The molecule has 1 aliphatic carbocycles. The third kappa shape index (κ3) is 3.92. The van der Waals surface area contributed by atoms with E-state index in [-0.39, 0.29) is 5.56 Å². The molecular weight excluding hydrogens is 402 g/mol. The minimum Gasteiger partial charge on any atom is -0.359 e. The quantitative estimate of drug-likeness (QED) is 0.580. The van der Waals surface area contributed by atoms with Gasteiger partial charge >= 0.3 is 0 Å². The van der Waals surface area contributed by atoms with Crippen LogP contribution < -0.4 is 15.8 Å². The van der Waals surface area contributed by atoms with E-state index in [9.17, 15) is 4.79 Å². The molecule has 0 spiro atoms. The largest absolute Gasteiger partial charge is 0.359 e. The number of aromatic nitrogens is 2. The fourth-order valence-electron chi connectivity index (χ4n) is 4.28. The number of rotatable bonds is 5. The summed E-state index contributed by atoms with van der Waals surface area (Å²) in [5, 5.41) is 4.85. The number of piperazine rings is 1. The zero-order valence-corrected chi connectivity index (χ0v) is 18.7. The molecule has 1 aliphatic heterocycles. The SMILES string of the molecule is C=CCNC(=S)N1CCN(c2nc3sc4c(c3c(=O)n2CCC)CCCC4)CC1. The topological polar surface area (TPSA) is 53.4 Å². The molecule has 2 aliphatic rings. The Morgan fingerprint density at radius 1 is 1.28 bits per heavy atom.